The number of benzene rings is 2. The van der Waals surface area contributed by atoms with Gasteiger partial charge >= 0.3 is 5.97 Å². The standard InChI is InChI=1S/C24H26Cl2N4O4/c1-4-29-7-9-30(10-8-29)13-14-12-27-22-16(24(31)32)6-5-15(23(22)28-14)19-20(25)17(33-2)11-18(34-3)21(19)26/h5-6,11-12H,4,7-10,13H2,1-3H3,(H,31,32). The highest BCUT2D eigenvalue weighted by molar-refractivity contribution is 6.41. The minimum absolute atomic E-state index is 0.0523. The summed E-state index contributed by atoms with van der Waals surface area (Å²) in [5, 5.41) is 10.3. The van der Waals surface area contributed by atoms with Gasteiger partial charge in [-0.15, -0.1) is 0 Å². The van der Waals surface area contributed by atoms with E-state index < -0.39 is 5.97 Å². The third kappa shape index (κ3) is 4.63. The quantitative estimate of drug-likeness (QED) is 0.504. The molecule has 10 heteroatoms. The van der Waals surface area contributed by atoms with Gasteiger partial charge in [0.15, 0.2) is 0 Å². The summed E-state index contributed by atoms with van der Waals surface area (Å²) in [7, 11) is 3.00. The number of carboxylic acid groups (broad SMARTS) is 1. The lowest BCUT2D eigenvalue weighted by Gasteiger charge is -2.33. The van der Waals surface area contributed by atoms with Gasteiger partial charge in [-0.1, -0.05) is 36.2 Å². The molecule has 1 fully saturated rings. The Morgan fingerprint density at radius 1 is 1.03 bits per heavy atom. The zero-order valence-electron chi connectivity index (χ0n) is 19.3. The van der Waals surface area contributed by atoms with Crippen LogP contribution in [0.15, 0.2) is 24.4 Å². The van der Waals surface area contributed by atoms with Gasteiger partial charge in [-0.2, -0.15) is 0 Å². The number of carboxylic acids is 1. The van der Waals surface area contributed by atoms with Gasteiger partial charge in [0.25, 0.3) is 0 Å². The largest absolute Gasteiger partial charge is 0.495 e. The third-order valence-electron chi connectivity index (χ3n) is 6.12. The summed E-state index contributed by atoms with van der Waals surface area (Å²) in [5.74, 6) is -0.327. The molecule has 0 saturated carbocycles. The van der Waals surface area contributed by atoms with Gasteiger partial charge < -0.3 is 19.5 Å². The van der Waals surface area contributed by atoms with E-state index in [4.69, 9.17) is 37.7 Å². The zero-order valence-corrected chi connectivity index (χ0v) is 20.8. The SMILES string of the molecule is CCN1CCN(Cc2cnc3c(C(=O)O)ccc(-c4c(Cl)c(OC)cc(OC)c4Cl)c3n2)CC1. The highest BCUT2D eigenvalue weighted by atomic mass is 35.5. The van der Waals surface area contributed by atoms with Gasteiger partial charge in [-0.05, 0) is 12.6 Å². The molecule has 1 aromatic heterocycles. The molecular formula is C24H26Cl2N4O4. The molecule has 1 aliphatic heterocycles. The fraction of sp³-hybridized carbons (Fsp3) is 0.375. The lowest BCUT2D eigenvalue weighted by atomic mass is 9.99. The summed E-state index contributed by atoms with van der Waals surface area (Å²) in [5.41, 5.74) is 2.46. The van der Waals surface area contributed by atoms with Crippen molar-refractivity contribution in [2.75, 3.05) is 46.9 Å². The molecule has 4 rings (SSSR count). The maximum Gasteiger partial charge on any atom is 0.337 e. The second-order valence-electron chi connectivity index (χ2n) is 8.02. The first-order chi connectivity index (χ1) is 16.4. The van der Waals surface area contributed by atoms with E-state index in [0.717, 1.165) is 38.4 Å². The number of aromatic nitrogens is 2. The van der Waals surface area contributed by atoms with Crippen molar-refractivity contribution in [3.63, 3.8) is 0 Å². The Balaban J connectivity index is 1.86. The van der Waals surface area contributed by atoms with Crippen LogP contribution in [0.5, 0.6) is 11.5 Å². The topological polar surface area (TPSA) is 88.0 Å². The first-order valence-corrected chi connectivity index (χ1v) is 11.7. The summed E-state index contributed by atoms with van der Waals surface area (Å²) in [6.07, 6.45) is 1.64. The number of aromatic carboxylic acids is 1. The number of hydrogen-bond acceptors (Lipinski definition) is 7. The number of halogens is 2. The average Bonchev–Trinajstić information content (AvgIpc) is 2.84. The first kappa shape index (κ1) is 24.5. The summed E-state index contributed by atoms with van der Waals surface area (Å²) >= 11 is 13.3. The maximum atomic E-state index is 11.9. The van der Waals surface area contributed by atoms with Crippen molar-refractivity contribution in [1.29, 1.82) is 0 Å². The highest BCUT2D eigenvalue weighted by Crippen LogP contribution is 2.47. The molecule has 0 atom stereocenters. The third-order valence-corrected chi connectivity index (χ3v) is 6.87. The molecule has 0 unspecified atom stereocenters. The van der Waals surface area contributed by atoms with Crippen LogP contribution in [-0.4, -0.2) is 77.8 Å². The Morgan fingerprint density at radius 3 is 2.21 bits per heavy atom. The predicted octanol–water partition coefficient (Wildman–Crippen LogP) is 4.46. The second-order valence-corrected chi connectivity index (χ2v) is 8.77. The van der Waals surface area contributed by atoms with Crippen LogP contribution in [-0.2, 0) is 6.54 Å². The van der Waals surface area contributed by atoms with Crippen LogP contribution in [0.2, 0.25) is 10.0 Å². The Morgan fingerprint density at radius 2 is 1.65 bits per heavy atom. The van der Waals surface area contributed by atoms with Crippen molar-refractivity contribution in [3.8, 4) is 22.6 Å². The van der Waals surface area contributed by atoms with Crippen molar-refractivity contribution in [2.45, 2.75) is 13.5 Å². The summed E-state index contributed by atoms with van der Waals surface area (Å²) in [4.78, 5) is 25.9. The Labute approximate surface area is 208 Å². The number of rotatable bonds is 7. The van der Waals surface area contributed by atoms with Gasteiger partial charge in [0, 0.05) is 49.9 Å². The predicted molar refractivity (Wildman–Crippen MR) is 132 cm³/mol. The minimum Gasteiger partial charge on any atom is -0.495 e. The van der Waals surface area contributed by atoms with Crippen molar-refractivity contribution in [2.24, 2.45) is 0 Å². The lowest BCUT2D eigenvalue weighted by molar-refractivity contribution is 0.0699. The normalized spacial score (nSPS) is 15.0. The number of fused-ring (bicyclic) bond motifs is 1. The van der Waals surface area contributed by atoms with Crippen molar-refractivity contribution >= 4 is 40.2 Å². The molecule has 0 aliphatic carbocycles. The van der Waals surface area contributed by atoms with Crippen molar-refractivity contribution in [1.82, 2.24) is 19.8 Å². The number of likely N-dealkylation sites (N-methyl/N-ethyl adjacent to an activating group) is 1. The molecule has 0 radical (unpaired) electrons. The fourth-order valence-corrected chi connectivity index (χ4v) is 4.90. The van der Waals surface area contributed by atoms with E-state index in [0.29, 0.717) is 34.7 Å². The van der Waals surface area contributed by atoms with Crippen LogP contribution in [0.3, 0.4) is 0 Å². The average molecular weight is 505 g/mol. The number of hydrogen-bond donors (Lipinski definition) is 1. The summed E-state index contributed by atoms with van der Waals surface area (Å²) < 4.78 is 10.8. The molecule has 0 spiro atoms. The van der Waals surface area contributed by atoms with E-state index in [2.05, 4.69) is 21.7 Å². The second kappa shape index (κ2) is 10.3. The van der Waals surface area contributed by atoms with E-state index in [1.807, 2.05) is 0 Å². The highest BCUT2D eigenvalue weighted by Gasteiger charge is 2.24. The zero-order chi connectivity index (χ0) is 24.4. The molecule has 1 aliphatic rings. The molecule has 34 heavy (non-hydrogen) atoms. The number of ether oxygens (including phenoxy) is 2. The van der Waals surface area contributed by atoms with Crippen LogP contribution >= 0.6 is 23.2 Å². The molecule has 3 aromatic rings. The van der Waals surface area contributed by atoms with E-state index in [1.165, 1.54) is 20.3 Å². The van der Waals surface area contributed by atoms with Crippen LogP contribution in [0.25, 0.3) is 22.2 Å². The molecule has 0 amide bonds. The van der Waals surface area contributed by atoms with Crippen LogP contribution in [0.4, 0.5) is 0 Å². The van der Waals surface area contributed by atoms with E-state index in [-0.39, 0.29) is 21.1 Å². The molecule has 1 saturated heterocycles. The molecule has 0 bridgehead atoms. The Bertz CT molecular complexity index is 1200. The fourth-order valence-electron chi connectivity index (χ4n) is 4.20. The van der Waals surface area contributed by atoms with Crippen LogP contribution in [0.1, 0.15) is 23.0 Å². The molecule has 1 N–H and O–H groups in total. The number of methoxy groups -OCH3 is 2. The molecule has 180 valence electrons. The van der Waals surface area contributed by atoms with Gasteiger partial charge in [0.2, 0.25) is 0 Å². The van der Waals surface area contributed by atoms with E-state index in [9.17, 15) is 9.90 Å². The number of carbonyl (C=O) groups is 1. The summed E-state index contributed by atoms with van der Waals surface area (Å²) in [6.45, 7) is 7.68. The Kier molecular flexibility index (Phi) is 7.42. The molecule has 2 heterocycles. The lowest BCUT2D eigenvalue weighted by Crippen LogP contribution is -2.45. The molecule has 8 nitrogen and oxygen atoms in total. The van der Waals surface area contributed by atoms with Gasteiger partial charge in [-0.25, -0.2) is 9.78 Å². The monoisotopic (exact) mass is 504 g/mol. The minimum atomic E-state index is -1.09. The van der Waals surface area contributed by atoms with Gasteiger partial charge in [0.1, 0.15) is 17.0 Å². The Hall–Kier alpha value is -2.65. The summed E-state index contributed by atoms with van der Waals surface area (Å²) in [6, 6.07) is 4.74. The van der Waals surface area contributed by atoms with Crippen molar-refractivity contribution in [3.05, 3.63) is 45.7 Å². The van der Waals surface area contributed by atoms with E-state index >= 15 is 0 Å². The van der Waals surface area contributed by atoms with Crippen molar-refractivity contribution < 1.29 is 19.4 Å². The first-order valence-electron chi connectivity index (χ1n) is 10.9. The van der Waals surface area contributed by atoms with E-state index in [1.54, 1.807) is 18.3 Å². The van der Waals surface area contributed by atoms with Crippen LogP contribution in [0, 0.1) is 0 Å². The maximum absolute atomic E-state index is 11.9. The molecule has 2 aromatic carbocycles. The molecular weight excluding hydrogens is 479 g/mol. The number of nitrogens with zero attached hydrogens (tertiary/aromatic N) is 4. The smallest absolute Gasteiger partial charge is 0.337 e. The number of piperazine rings is 1. The van der Waals surface area contributed by atoms with Crippen LogP contribution < -0.4 is 9.47 Å². The van der Waals surface area contributed by atoms with Gasteiger partial charge in [-0.3, -0.25) is 9.88 Å². The van der Waals surface area contributed by atoms with Gasteiger partial charge in [0.05, 0.1) is 47.2 Å².